The molecule has 0 aliphatic carbocycles. The second-order valence-electron chi connectivity index (χ2n) is 4.01. The number of rotatable bonds is 5. The lowest BCUT2D eigenvalue weighted by Gasteiger charge is -2.14. The lowest BCUT2D eigenvalue weighted by Crippen LogP contribution is -2.17. The molecule has 0 aromatic carbocycles. The van der Waals surface area contributed by atoms with Crippen molar-refractivity contribution in [1.82, 2.24) is 15.1 Å². The van der Waals surface area contributed by atoms with Crippen LogP contribution in [0.4, 0.5) is 0 Å². The van der Waals surface area contributed by atoms with Crippen molar-refractivity contribution in [2.45, 2.75) is 18.9 Å². The molecule has 2 aromatic rings. The van der Waals surface area contributed by atoms with Gasteiger partial charge in [0.05, 0.1) is 3.79 Å². The van der Waals surface area contributed by atoms with E-state index in [1.807, 2.05) is 25.0 Å². The zero-order valence-electron chi connectivity index (χ0n) is 9.98. The molecule has 0 fully saturated rings. The molecule has 1 N–H and O–H groups in total. The topological polar surface area (TPSA) is 29.9 Å². The van der Waals surface area contributed by atoms with E-state index >= 15 is 0 Å². The Bertz CT molecular complexity index is 478. The highest BCUT2D eigenvalue weighted by Gasteiger charge is 2.11. The Morgan fingerprint density at radius 1 is 1.59 bits per heavy atom. The first-order chi connectivity index (χ1) is 8.20. The Kier molecular flexibility index (Phi) is 4.36. The molecule has 1 atom stereocenters. The van der Waals surface area contributed by atoms with Crippen LogP contribution in [0, 0.1) is 0 Å². The maximum atomic E-state index is 4.19. The van der Waals surface area contributed by atoms with Crippen LogP contribution in [0.2, 0.25) is 0 Å². The van der Waals surface area contributed by atoms with Crippen molar-refractivity contribution >= 4 is 27.3 Å². The van der Waals surface area contributed by atoms with Crippen LogP contribution in [0.1, 0.15) is 23.7 Å². The summed E-state index contributed by atoms with van der Waals surface area (Å²) in [6.07, 6.45) is 3.97. The first kappa shape index (κ1) is 12.8. The molecule has 1 unspecified atom stereocenters. The zero-order chi connectivity index (χ0) is 12.3. The highest BCUT2D eigenvalue weighted by Crippen LogP contribution is 2.27. The van der Waals surface area contributed by atoms with Crippen LogP contribution in [0.3, 0.4) is 0 Å². The third-order valence-corrected chi connectivity index (χ3v) is 4.47. The summed E-state index contributed by atoms with van der Waals surface area (Å²) >= 11 is 5.24. The van der Waals surface area contributed by atoms with Crippen LogP contribution in [0.25, 0.3) is 0 Å². The average Bonchev–Trinajstić information content (AvgIpc) is 2.90. The Hall–Kier alpha value is -0.650. The summed E-state index contributed by atoms with van der Waals surface area (Å²) in [6, 6.07) is 4.68. The van der Waals surface area contributed by atoms with E-state index in [1.165, 1.54) is 15.0 Å². The lowest BCUT2D eigenvalue weighted by molar-refractivity contribution is 0.537. The number of nitrogens with one attached hydrogen (secondary N) is 1. The maximum absolute atomic E-state index is 4.19. The number of thiophene rings is 1. The molecule has 0 spiro atoms. The second kappa shape index (κ2) is 5.80. The fraction of sp³-hybridized carbons (Fsp3) is 0.417. The molecular formula is C12H16BrN3S. The smallest absolute Gasteiger partial charge is 0.0701 e. The zero-order valence-corrected chi connectivity index (χ0v) is 12.4. The molecule has 2 heterocycles. The number of halogens is 1. The van der Waals surface area contributed by atoms with Crippen LogP contribution < -0.4 is 5.32 Å². The third-order valence-electron chi connectivity index (χ3n) is 2.95. The Morgan fingerprint density at radius 2 is 2.41 bits per heavy atom. The highest BCUT2D eigenvalue weighted by molar-refractivity contribution is 9.11. The van der Waals surface area contributed by atoms with Crippen LogP contribution >= 0.6 is 27.3 Å². The van der Waals surface area contributed by atoms with Crippen LogP contribution in [-0.4, -0.2) is 16.8 Å². The molecular weight excluding hydrogens is 298 g/mol. The van der Waals surface area contributed by atoms with Crippen molar-refractivity contribution in [3.8, 4) is 0 Å². The van der Waals surface area contributed by atoms with Crippen molar-refractivity contribution < 1.29 is 0 Å². The van der Waals surface area contributed by atoms with Crippen LogP contribution in [0.5, 0.6) is 0 Å². The van der Waals surface area contributed by atoms with Gasteiger partial charge in [-0.05, 0) is 58.9 Å². The van der Waals surface area contributed by atoms with E-state index in [1.54, 1.807) is 11.3 Å². The van der Waals surface area contributed by atoms with E-state index in [-0.39, 0.29) is 0 Å². The number of hydrogen-bond acceptors (Lipinski definition) is 3. The van der Waals surface area contributed by atoms with Crippen LogP contribution in [0.15, 0.2) is 27.5 Å². The van der Waals surface area contributed by atoms with E-state index in [9.17, 15) is 0 Å². The van der Waals surface area contributed by atoms with Crippen molar-refractivity contribution in [2.24, 2.45) is 7.05 Å². The molecule has 92 valence electrons. The highest BCUT2D eigenvalue weighted by atomic mass is 79.9. The van der Waals surface area contributed by atoms with Gasteiger partial charge in [-0.1, -0.05) is 0 Å². The van der Waals surface area contributed by atoms with Gasteiger partial charge in [0.2, 0.25) is 0 Å². The summed E-state index contributed by atoms with van der Waals surface area (Å²) in [5.41, 5.74) is 2.63. The third kappa shape index (κ3) is 3.18. The molecule has 0 aliphatic heterocycles. The van der Waals surface area contributed by atoms with Gasteiger partial charge in [-0.25, -0.2) is 0 Å². The quantitative estimate of drug-likeness (QED) is 0.919. The van der Waals surface area contributed by atoms with Gasteiger partial charge in [-0.15, -0.1) is 11.3 Å². The SMILES string of the molecule is CNC(CCc1ccnn1C)c1csc(Br)c1. The summed E-state index contributed by atoms with van der Waals surface area (Å²) in [4.78, 5) is 0. The first-order valence-electron chi connectivity index (χ1n) is 5.59. The summed E-state index contributed by atoms with van der Waals surface area (Å²) in [6.45, 7) is 0. The van der Waals surface area contributed by atoms with Gasteiger partial charge in [0.1, 0.15) is 0 Å². The Balaban J connectivity index is 1.99. The fourth-order valence-corrected chi connectivity index (χ4v) is 3.15. The minimum atomic E-state index is 0.410. The monoisotopic (exact) mass is 313 g/mol. The minimum absolute atomic E-state index is 0.410. The van der Waals surface area contributed by atoms with Gasteiger partial charge in [-0.2, -0.15) is 5.10 Å². The van der Waals surface area contributed by atoms with E-state index < -0.39 is 0 Å². The van der Waals surface area contributed by atoms with Crippen molar-refractivity contribution in [1.29, 1.82) is 0 Å². The molecule has 0 aliphatic rings. The summed E-state index contributed by atoms with van der Waals surface area (Å²) in [5, 5.41) is 9.76. The van der Waals surface area contributed by atoms with Gasteiger partial charge >= 0.3 is 0 Å². The lowest BCUT2D eigenvalue weighted by atomic mass is 10.0. The predicted molar refractivity (Wildman–Crippen MR) is 75.3 cm³/mol. The molecule has 0 saturated heterocycles. The van der Waals surface area contributed by atoms with Gasteiger partial charge in [0.25, 0.3) is 0 Å². The van der Waals surface area contributed by atoms with Gasteiger partial charge < -0.3 is 5.32 Å². The summed E-state index contributed by atoms with van der Waals surface area (Å²) in [7, 11) is 4.00. The fourth-order valence-electron chi connectivity index (χ4n) is 1.92. The molecule has 3 nitrogen and oxygen atoms in total. The Morgan fingerprint density at radius 3 is 2.94 bits per heavy atom. The minimum Gasteiger partial charge on any atom is -0.313 e. The first-order valence-corrected chi connectivity index (χ1v) is 7.26. The second-order valence-corrected chi connectivity index (χ2v) is 6.30. The summed E-state index contributed by atoms with van der Waals surface area (Å²) < 4.78 is 3.13. The average molecular weight is 314 g/mol. The predicted octanol–water partition coefficient (Wildman–Crippen LogP) is 3.14. The molecule has 0 bridgehead atoms. The standard InChI is InChI=1S/C12H16BrN3S/c1-14-11(9-7-12(13)17-8-9)4-3-10-5-6-15-16(10)2/h5-8,11,14H,3-4H2,1-2H3. The van der Waals surface area contributed by atoms with Crippen molar-refractivity contribution in [3.63, 3.8) is 0 Å². The molecule has 5 heteroatoms. The van der Waals surface area contributed by atoms with E-state index in [2.05, 4.69) is 43.9 Å². The maximum Gasteiger partial charge on any atom is 0.0701 e. The molecule has 0 saturated carbocycles. The largest absolute Gasteiger partial charge is 0.313 e. The summed E-state index contributed by atoms with van der Waals surface area (Å²) in [5.74, 6) is 0. The Labute approximate surface area is 114 Å². The molecule has 2 aromatic heterocycles. The van der Waals surface area contributed by atoms with E-state index in [0.29, 0.717) is 6.04 Å². The van der Waals surface area contributed by atoms with E-state index in [0.717, 1.165) is 12.8 Å². The van der Waals surface area contributed by atoms with Gasteiger partial charge in [0.15, 0.2) is 0 Å². The van der Waals surface area contributed by atoms with E-state index in [4.69, 9.17) is 0 Å². The van der Waals surface area contributed by atoms with Crippen molar-refractivity contribution in [3.05, 3.63) is 38.8 Å². The van der Waals surface area contributed by atoms with Gasteiger partial charge in [0, 0.05) is 25.0 Å². The normalized spacial score (nSPS) is 12.9. The number of aromatic nitrogens is 2. The molecule has 17 heavy (non-hydrogen) atoms. The number of hydrogen-bond donors (Lipinski definition) is 1. The number of aryl methyl sites for hydroxylation is 2. The van der Waals surface area contributed by atoms with Gasteiger partial charge in [-0.3, -0.25) is 4.68 Å². The van der Waals surface area contributed by atoms with Crippen LogP contribution in [-0.2, 0) is 13.5 Å². The number of nitrogens with zero attached hydrogens (tertiary/aromatic N) is 2. The van der Waals surface area contributed by atoms with Crippen molar-refractivity contribution in [2.75, 3.05) is 7.05 Å². The molecule has 0 amide bonds. The molecule has 2 rings (SSSR count). The molecule has 0 radical (unpaired) electrons.